The number of fused-ring (bicyclic) bond motifs is 1. The van der Waals surface area contributed by atoms with Gasteiger partial charge in [-0.25, -0.2) is 4.98 Å². The molecule has 1 aromatic carbocycles. The summed E-state index contributed by atoms with van der Waals surface area (Å²) in [6.07, 6.45) is 5.29. The molecule has 1 N–H and O–H groups in total. The SMILES string of the molecule is Clc1ccc(CNc2nc(Cl)nc3c2ncn3Cc2cccnc2)cc1. The minimum Gasteiger partial charge on any atom is -0.364 e. The Morgan fingerprint density at radius 1 is 1.00 bits per heavy atom. The van der Waals surface area contributed by atoms with Gasteiger partial charge in [-0.1, -0.05) is 29.8 Å². The van der Waals surface area contributed by atoms with Crippen LogP contribution in [0.5, 0.6) is 0 Å². The molecule has 0 unspecified atom stereocenters. The predicted octanol–water partition coefficient (Wildman–Crippen LogP) is 4.19. The van der Waals surface area contributed by atoms with Crippen molar-refractivity contribution in [3.63, 3.8) is 0 Å². The average molecular weight is 385 g/mol. The molecule has 0 aliphatic heterocycles. The number of rotatable bonds is 5. The fourth-order valence-corrected chi connectivity index (χ4v) is 2.92. The second-order valence-corrected chi connectivity index (χ2v) is 6.50. The van der Waals surface area contributed by atoms with Crippen molar-refractivity contribution in [2.45, 2.75) is 13.1 Å². The zero-order valence-electron chi connectivity index (χ0n) is 13.6. The summed E-state index contributed by atoms with van der Waals surface area (Å²) in [6, 6.07) is 11.5. The molecule has 0 saturated carbocycles. The fourth-order valence-electron chi connectivity index (χ4n) is 2.63. The summed E-state index contributed by atoms with van der Waals surface area (Å²) in [5.74, 6) is 0.597. The zero-order valence-corrected chi connectivity index (χ0v) is 15.1. The maximum absolute atomic E-state index is 6.13. The quantitative estimate of drug-likeness (QED) is 0.522. The van der Waals surface area contributed by atoms with Crippen LogP contribution < -0.4 is 5.32 Å². The lowest BCUT2D eigenvalue weighted by Gasteiger charge is -2.08. The van der Waals surface area contributed by atoms with E-state index in [9.17, 15) is 0 Å². The van der Waals surface area contributed by atoms with Gasteiger partial charge in [-0.2, -0.15) is 9.97 Å². The lowest BCUT2D eigenvalue weighted by atomic mass is 10.2. The largest absolute Gasteiger partial charge is 0.364 e. The summed E-state index contributed by atoms with van der Waals surface area (Å²) < 4.78 is 1.92. The van der Waals surface area contributed by atoms with E-state index in [0.717, 1.165) is 11.1 Å². The lowest BCUT2D eigenvalue weighted by molar-refractivity contribution is 0.809. The number of imidazole rings is 1. The molecule has 3 heterocycles. The number of aromatic nitrogens is 5. The molecule has 0 amide bonds. The number of halogens is 2. The van der Waals surface area contributed by atoms with E-state index in [-0.39, 0.29) is 5.28 Å². The first kappa shape index (κ1) is 16.8. The van der Waals surface area contributed by atoms with Crippen LogP contribution in [-0.4, -0.2) is 24.5 Å². The molecule has 0 aliphatic rings. The molecule has 26 heavy (non-hydrogen) atoms. The van der Waals surface area contributed by atoms with E-state index >= 15 is 0 Å². The first-order chi connectivity index (χ1) is 12.7. The van der Waals surface area contributed by atoms with E-state index in [1.165, 1.54) is 0 Å². The zero-order chi connectivity index (χ0) is 17.9. The van der Waals surface area contributed by atoms with Gasteiger partial charge in [0.05, 0.1) is 12.9 Å². The van der Waals surface area contributed by atoms with Crippen molar-refractivity contribution in [1.82, 2.24) is 24.5 Å². The van der Waals surface area contributed by atoms with E-state index in [1.54, 1.807) is 12.5 Å². The van der Waals surface area contributed by atoms with Gasteiger partial charge >= 0.3 is 0 Å². The predicted molar refractivity (Wildman–Crippen MR) is 102 cm³/mol. The second-order valence-electron chi connectivity index (χ2n) is 5.73. The Balaban J connectivity index is 1.62. The third-order valence-electron chi connectivity index (χ3n) is 3.89. The Kier molecular flexibility index (Phi) is 4.69. The topological polar surface area (TPSA) is 68.5 Å². The van der Waals surface area contributed by atoms with Crippen molar-refractivity contribution >= 4 is 40.2 Å². The summed E-state index contributed by atoms with van der Waals surface area (Å²) in [6.45, 7) is 1.18. The number of benzene rings is 1. The van der Waals surface area contributed by atoms with E-state index in [2.05, 4.69) is 25.3 Å². The maximum atomic E-state index is 6.13. The van der Waals surface area contributed by atoms with Crippen molar-refractivity contribution < 1.29 is 0 Å². The van der Waals surface area contributed by atoms with Gasteiger partial charge in [0.15, 0.2) is 17.0 Å². The molecule has 0 fully saturated rings. The van der Waals surface area contributed by atoms with Crippen molar-refractivity contribution in [3.8, 4) is 0 Å². The fraction of sp³-hybridized carbons (Fsp3) is 0.111. The van der Waals surface area contributed by atoms with Crippen LogP contribution in [0.3, 0.4) is 0 Å². The second kappa shape index (κ2) is 7.27. The van der Waals surface area contributed by atoms with Crippen molar-refractivity contribution in [2.24, 2.45) is 0 Å². The molecular formula is C18H14Cl2N6. The van der Waals surface area contributed by atoms with E-state index in [1.807, 2.05) is 47.2 Å². The Hall–Kier alpha value is -2.70. The summed E-state index contributed by atoms with van der Waals surface area (Å²) >= 11 is 12.0. The van der Waals surface area contributed by atoms with Crippen LogP contribution in [0.2, 0.25) is 10.3 Å². The normalized spacial score (nSPS) is 11.0. The van der Waals surface area contributed by atoms with Crippen LogP contribution >= 0.6 is 23.2 Å². The molecule has 4 aromatic rings. The molecule has 4 rings (SSSR count). The molecule has 0 aliphatic carbocycles. The maximum Gasteiger partial charge on any atom is 0.226 e. The molecule has 0 radical (unpaired) electrons. The molecule has 6 nitrogen and oxygen atoms in total. The molecule has 0 saturated heterocycles. The summed E-state index contributed by atoms with van der Waals surface area (Å²) in [4.78, 5) is 17.2. The van der Waals surface area contributed by atoms with Crippen LogP contribution in [0.25, 0.3) is 11.2 Å². The van der Waals surface area contributed by atoms with Gasteiger partial charge in [0.2, 0.25) is 5.28 Å². The summed E-state index contributed by atoms with van der Waals surface area (Å²) in [7, 11) is 0. The Morgan fingerprint density at radius 3 is 2.62 bits per heavy atom. The molecule has 0 atom stereocenters. The van der Waals surface area contributed by atoms with Crippen LogP contribution in [0.4, 0.5) is 5.82 Å². The number of pyridine rings is 1. The van der Waals surface area contributed by atoms with Crippen molar-refractivity contribution in [2.75, 3.05) is 5.32 Å². The lowest BCUT2D eigenvalue weighted by Crippen LogP contribution is -2.05. The number of nitrogens with one attached hydrogen (secondary N) is 1. The number of hydrogen-bond acceptors (Lipinski definition) is 5. The monoisotopic (exact) mass is 384 g/mol. The number of anilines is 1. The van der Waals surface area contributed by atoms with Gasteiger partial charge in [-0.15, -0.1) is 0 Å². The smallest absolute Gasteiger partial charge is 0.226 e. The van der Waals surface area contributed by atoms with E-state index in [0.29, 0.717) is 35.1 Å². The highest BCUT2D eigenvalue weighted by atomic mass is 35.5. The average Bonchev–Trinajstić information content (AvgIpc) is 3.04. The molecule has 8 heteroatoms. The Bertz CT molecular complexity index is 1030. The van der Waals surface area contributed by atoms with Crippen molar-refractivity contribution in [3.05, 3.63) is 76.6 Å². The highest BCUT2D eigenvalue weighted by molar-refractivity contribution is 6.30. The first-order valence-corrected chi connectivity index (χ1v) is 8.70. The van der Waals surface area contributed by atoms with Crippen molar-refractivity contribution in [1.29, 1.82) is 0 Å². The first-order valence-electron chi connectivity index (χ1n) is 7.94. The Morgan fingerprint density at radius 2 is 1.85 bits per heavy atom. The number of hydrogen-bond donors (Lipinski definition) is 1. The van der Waals surface area contributed by atoms with Crippen LogP contribution in [0.15, 0.2) is 55.1 Å². The van der Waals surface area contributed by atoms with Gasteiger partial charge in [0.25, 0.3) is 0 Å². The van der Waals surface area contributed by atoms with E-state index in [4.69, 9.17) is 23.2 Å². The van der Waals surface area contributed by atoms with Gasteiger partial charge in [-0.05, 0) is 40.9 Å². The van der Waals surface area contributed by atoms with Crippen LogP contribution in [0.1, 0.15) is 11.1 Å². The number of nitrogens with zero attached hydrogens (tertiary/aromatic N) is 5. The Labute approximate surface area is 159 Å². The minimum atomic E-state index is 0.170. The third kappa shape index (κ3) is 3.61. The minimum absolute atomic E-state index is 0.170. The van der Waals surface area contributed by atoms with Gasteiger partial charge in [-0.3, -0.25) is 4.98 Å². The highest BCUT2D eigenvalue weighted by Gasteiger charge is 2.13. The standard InChI is InChI=1S/C18H14Cl2N6/c19-14-5-3-12(4-6-14)9-22-16-15-17(25-18(20)24-16)26(11-23-15)10-13-2-1-7-21-8-13/h1-8,11H,9-10H2,(H,22,24,25). The molecule has 3 aromatic heterocycles. The van der Waals surface area contributed by atoms with Gasteiger partial charge in [0, 0.05) is 24.0 Å². The van der Waals surface area contributed by atoms with Crippen LogP contribution in [-0.2, 0) is 13.1 Å². The van der Waals surface area contributed by atoms with Gasteiger partial charge in [0.1, 0.15) is 0 Å². The molecule has 130 valence electrons. The molecular weight excluding hydrogens is 371 g/mol. The summed E-state index contributed by atoms with van der Waals surface area (Å²) in [5, 5.41) is 4.15. The van der Waals surface area contributed by atoms with Gasteiger partial charge < -0.3 is 9.88 Å². The molecule has 0 spiro atoms. The molecule has 0 bridgehead atoms. The highest BCUT2D eigenvalue weighted by Crippen LogP contribution is 2.22. The van der Waals surface area contributed by atoms with E-state index < -0.39 is 0 Å². The third-order valence-corrected chi connectivity index (χ3v) is 4.31. The summed E-state index contributed by atoms with van der Waals surface area (Å²) in [5.41, 5.74) is 3.48. The van der Waals surface area contributed by atoms with Crippen LogP contribution in [0, 0.1) is 0 Å².